The van der Waals surface area contributed by atoms with E-state index < -0.39 is 18.5 Å². The van der Waals surface area contributed by atoms with E-state index in [1.165, 1.54) is 6.26 Å². The van der Waals surface area contributed by atoms with Gasteiger partial charge in [-0.1, -0.05) is 19.1 Å². The summed E-state index contributed by atoms with van der Waals surface area (Å²) in [6, 6.07) is 5.85. The number of carbonyl (C=O) groups is 3. The Morgan fingerprint density at radius 3 is 2.65 bits per heavy atom. The molecule has 0 atom stereocenters. The van der Waals surface area contributed by atoms with Gasteiger partial charge in [-0.05, 0) is 31.9 Å². The molecular formula is C19H24N2O5. The second kappa shape index (κ2) is 9.03. The monoisotopic (exact) mass is 360 g/mol. The lowest BCUT2D eigenvalue weighted by Gasteiger charge is -2.09. The van der Waals surface area contributed by atoms with Crippen molar-refractivity contribution < 1.29 is 23.5 Å². The normalized spacial score (nSPS) is 10.8. The van der Waals surface area contributed by atoms with Crippen LogP contribution >= 0.6 is 0 Å². The lowest BCUT2D eigenvalue weighted by molar-refractivity contribution is -0.147. The highest BCUT2D eigenvalue weighted by molar-refractivity contribution is 5.88. The second-order valence-corrected chi connectivity index (χ2v) is 6.28. The molecule has 0 saturated heterocycles. The van der Waals surface area contributed by atoms with E-state index in [0.29, 0.717) is 5.56 Å². The number of nitrogens with one attached hydrogen (secondary N) is 2. The number of amides is 2. The molecule has 140 valence electrons. The molecule has 2 aromatic rings. The molecule has 26 heavy (non-hydrogen) atoms. The molecule has 0 aliphatic carbocycles. The molecule has 0 bridgehead atoms. The highest BCUT2D eigenvalue weighted by Gasteiger charge is 2.14. The predicted octanol–water partition coefficient (Wildman–Crippen LogP) is 1.72. The molecule has 2 rings (SSSR count). The molecule has 0 spiro atoms. The Morgan fingerprint density at radius 1 is 1.19 bits per heavy atom. The van der Waals surface area contributed by atoms with Gasteiger partial charge in [-0.15, -0.1) is 0 Å². The van der Waals surface area contributed by atoms with Crippen molar-refractivity contribution in [3.05, 3.63) is 35.6 Å². The van der Waals surface area contributed by atoms with Gasteiger partial charge >= 0.3 is 5.97 Å². The topological polar surface area (TPSA) is 97.6 Å². The molecule has 0 aliphatic heterocycles. The fraction of sp³-hybridized carbons (Fsp3) is 0.421. The summed E-state index contributed by atoms with van der Waals surface area (Å²) in [7, 11) is 0. The van der Waals surface area contributed by atoms with Crippen LogP contribution in [0.2, 0.25) is 0 Å². The number of carbonyl (C=O) groups excluding carboxylic acids is 3. The number of rotatable bonds is 8. The number of fused-ring (bicyclic) bond motifs is 1. The summed E-state index contributed by atoms with van der Waals surface area (Å²) in [5.74, 6) is -1.35. The fourth-order valence-corrected chi connectivity index (χ4v) is 2.44. The summed E-state index contributed by atoms with van der Waals surface area (Å²) in [4.78, 5) is 35.0. The average molecular weight is 360 g/mol. The summed E-state index contributed by atoms with van der Waals surface area (Å²) in [5, 5.41) is 5.90. The van der Waals surface area contributed by atoms with Crippen LogP contribution in [0.15, 0.2) is 28.9 Å². The van der Waals surface area contributed by atoms with Gasteiger partial charge in [-0.2, -0.15) is 0 Å². The van der Waals surface area contributed by atoms with Crippen LogP contribution in [0.25, 0.3) is 11.0 Å². The van der Waals surface area contributed by atoms with Crippen LogP contribution in [0.3, 0.4) is 0 Å². The number of esters is 1. The highest BCUT2D eigenvalue weighted by atomic mass is 16.5. The van der Waals surface area contributed by atoms with Gasteiger partial charge in [0.2, 0.25) is 5.91 Å². The summed E-state index contributed by atoms with van der Waals surface area (Å²) in [6.45, 7) is 5.12. The third-order valence-corrected chi connectivity index (χ3v) is 3.72. The molecule has 0 aliphatic rings. The molecule has 2 amide bonds. The molecule has 1 aromatic carbocycles. The van der Waals surface area contributed by atoms with Crippen LogP contribution < -0.4 is 10.6 Å². The first-order chi connectivity index (χ1) is 12.4. The highest BCUT2D eigenvalue weighted by Crippen LogP contribution is 2.23. The Kier molecular flexibility index (Phi) is 6.77. The van der Waals surface area contributed by atoms with E-state index in [1.54, 1.807) is 0 Å². The molecule has 1 heterocycles. The van der Waals surface area contributed by atoms with Crippen LogP contribution in [0.1, 0.15) is 31.9 Å². The largest absolute Gasteiger partial charge is 0.464 e. The van der Waals surface area contributed by atoms with E-state index >= 15 is 0 Å². The number of hydrogen-bond acceptors (Lipinski definition) is 5. The van der Waals surface area contributed by atoms with Crippen LogP contribution in [-0.4, -0.2) is 37.0 Å². The summed E-state index contributed by atoms with van der Waals surface area (Å²) < 4.78 is 10.4. The molecule has 0 fully saturated rings. The zero-order valence-corrected chi connectivity index (χ0v) is 15.3. The number of aryl methyl sites for hydroxylation is 1. The molecule has 7 heteroatoms. The van der Waals surface area contributed by atoms with E-state index in [-0.39, 0.29) is 24.9 Å². The zero-order valence-electron chi connectivity index (χ0n) is 15.3. The van der Waals surface area contributed by atoms with Crippen molar-refractivity contribution in [2.24, 2.45) is 0 Å². The lowest BCUT2D eigenvalue weighted by Crippen LogP contribution is -2.41. The van der Waals surface area contributed by atoms with Crippen molar-refractivity contribution in [2.75, 3.05) is 13.2 Å². The Labute approximate surface area is 152 Å². The van der Waals surface area contributed by atoms with Crippen molar-refractivity contribution in [1.29, 1.82) is 0 Å². The summed E-state index contributed by atoms with van der Waals surface area (Å²) in [5.41, 5.74) is 2.59. The van der Waals surface area contributed by atoms with Crippen LogP contribution in [-0.2, 0) is 32.0 Å². The van der Waals surface area contributed by atoms with Gasteiger partial charge in [0.15, 0.2) is 6.61 Å². The van der Waals surface area contributed by atoms with Gasteiger partial charge < -0.3 is 19.8 Å². The Hall–Kier alpha value is -2.83. The second-order valence-electron chi connectivity index (χ2n) is 6.28. The molecule has 0 unspecified atom stereocenters. The maximum absolute atomic E-state index is 11.9. The number of benzene rings is 1. The lowest BCUT2D eigenvalue weighted by atomic mass is 10.1. The SMILES string of the molecule is CCc1ccc2c(CC(=O)OCC(=O)NCC(=O)NC(C)C)coc2c1. The van der Waals surface area contributed by atoms with Crippen molar-refractivity contribution in [2.45, 2.75) is 39.7 Å². The van der Waals surface area contributed by atoms with Crippen molar-refractivity contribution in [1.82, 2.24) is 10.6 Å². The molecule has 0 radical (unpaired) electrons. The molecule has 0 saturated carbocycles. The van der Waals surface area contributed by atoms with Crippen molar-refractivity contribution in [3.8, 4) is 0 Å². The van der Waals surface area contributed by atoms with Crippen molar-refractivity contribution in [3.63, 3.8) is 0 Å². The quantitative estimate of drug-likeness (QED) is 0.699. The van der Waals surface area contributed by atoms with E-state index in [9.17, 15) is 14.4 Å². The smallest absolute Gasteiger partial charge is 0.310 e. The van der Waals surface area contributed by atoms with Gasteiger partial charge in [0.1, 0.15) is 5.58 Å². The Bertz CT molecular complexity index is 794. The average Bonchev–Trinajstić information content (AvgIpc) is 2.99. The number of hydrogen-bond donors (Lipinski definition) is 2. The van der Waals surface area contributed by atoms with Gasteiger partial charge in [0.05, 0.1) is 19.2 Å². The van der Waals surface area contributed by atoms with Crippen LogP contribution in [0.5, 0.6) is 0 Å². The van der Waals surface area contributed by atoms with E-state index in [2.05, 4.69) is 17.6 Å². The predicted molar refractivity (Wildman–Crippen MR) is 96.5 cm³/mol. The molecule has 1 aromatic heterocycles. The first-order valence-electron chi connectivity index (χ1n) is 8.59. The third-order valence-electron chi connectivity index (χ3n) is 3.72. The maximum Gasteiger partial charge on any atom is 0.310 e. The molecule has 7 nitrogen and oxygen atoms in total. The fourth-order valence-electron chi connectivity index (χ4n) is 2.44. The Morgan fingerprint density at radius 2 is 1.96 bits per heavy atom. The van der Waals surface area contributed by atoms with Gasteiger partial charge in [-0.3, -0.25) is 14.4 Å². The summed E-state index contributed by atoms with van der Waals surface area (Å²) >= 11 is 0. The first kappa shape index (κ1) is 19.5. The Balaban J connectivity index is 1.80. The van der Waals surface area contributed by atoms with Crippen molar-refractivity contribution >= 4 is 28.8 Å². The third kappa shape index (κ3) is 5.61. The van der Waals surface area contributed by atoms with Gasteiger partial charge in [0.25, 0.3) is 5.91 Å². The minimum Gasteiger partial charge on any atom is -0.464 e. The van der Waals surface area contributed by atoms with E-state index in [0.717, 1.165) is 23.0 Å². The number of furan rings is 1. The summed E-state index contributed by atoms with van der Waals surface area (Å²) in [6.07, 6.45) is 2.44. The minimum absolute atomic E-state index is 0.00424. The molecule has 2 N–H and O–H groups in total. The molecular weight excluding hydrogens is 336 g/mol. The van der Waals surface area contributed by atoms with Crippen LogP contribution in [0.4, 0.5) is 0 Å². The first-order valence-corrected chi connectivity index (χ1v) is 8.59. The van der Waals surface area contributed by atoms with E-state index in [1.807, 2.05) is 32.0 Å². The van der Waals surface area contributed by atoms with Gasteiger partial charge in [0, 0.05) is 17.0 Å². The maximum atomic E-state index is 11.9. The zero-order chi connectivity index (χ0) is 19.1. The standard InChI is InChI=1S/C19H24N2O5/c1-4-13-5-6-15-14(10-25-16(15)7-13)8-19(24)26-11-18(23)20-9-17(22)21-12(2)3/h5-7,10,12H,4,8-9,11H2,1-3H3,(H,20,23)(H,21,22). The van der Waals surface area contributed by atoms with Gasteiger partial charge in [-0.25, -0.2) is 0 Å². The number of ether oxygens (including phenoxy) is 1. The minimum atomic E-state index is -0.533. The van der Waals surface area contributed by atoms with Crippen LogP contribution in [0, 0.1) is 0 Å². The van der Waals surface area contributed by atoms with E-state index in [4.69, 9.17) is 9.15 Å².